The normalized spacial score (nSPS) is 13.2. The smallest absolute Gasteiger partial charge is 0.102 e. The highest BCUT2D eigenvalue weighted by Crippen LogP contribution is 2.52. The second-order valence-corrected chi connectivity index (χ2v) is 13.8. The molecule has 1 aliphatic rings. The lowest BCUT2D eigenvalue weighted by Gasteiger charge is -2.25. The highest BCUT2D eigenvalue weighted by Gasteiger charge is 2.37. The molecule has 0 N–H and O–H groups in total. The van der Waals surface area contributed by atoms with Crippen LogP contribution < -0.4 is 27.3 Å². The van der Waals surface area contributed by atoms with E-state index < -0.39 is 0 Å². The molecule has 0 atom stereocenters. The lowest BCUT2D eigenvalue weighted by atomic mass is 9.59. The second-order valence-electron chi connectivity index (χ2n) is 13.8. The van der Waals surface area contributed by atoms with E-state index in [0.29, 0.717) is 0 Å². The van der Waals surface area contributed by atoms with Gasteiger partial charge in [0.05, 0.1) is 0 Å². The summed E-state index contributed by atoms with van der Waals surface area (Å²) in [6, 6.07) is 43.1. The average Bonchev–Trinajstić information content (AvgIpc) is 3.33. The largest absolute Gasteiger partial charge is 0.139 e. The summed E-state index contributed by atoms with van der Waals surface area (Å²) < 4.78 is 0. The van der Waals surface area contributed by atoms with Crippen LogP contribution in [0.5, 0.6) is 0 Å². The maximum Gasteiger partial charge on any atom is 0.139 e. The maximum atomic E-state index is 2.37. The lowest BCUT2D eigenvalue weighted by molar-refractivity contribution is 0.662. The van der Waals surface area contributed by atoms with E-state index in [-0.39, 0.29) is 5.41 Å². The van der Waals surface area contributed by atoms with E-state index in [2.05, 4.69) is 168 Å². The number of fused-ring (bicyclic) bond motifs is 5. The van der Waals surface area contributed by atoms with Crippen LogP contribution in [-0.2, 0) is 5.41 Å². The van der Waals surface area contributed by atoms with Crippen LogP contribution in [0.3, 0.4) is 0 Å². The van der Waals surface area contributed by atoms with Gasteiger partial charge in [-0.15, -0.1) is 16.4 Å². The zero-order chi connectivity index (χ0) is 31.9. The maximum absolute atomic E-state index is 2.37. The van der Waals surface area contributed by atoms with Gasteiger partial charge in [0, 0.05) is 5.41 Å². The SMILES string of the molecule is Bc1c(B)c(B)c(-c2c3ccccc3c(-c3ccc(-c4cccc5c4C(C)(C)c4ccccc4-5)cc3)c3ccccc23)c(B)c1B. The molecule has 0 spiro atoms. The van der Waals surface area contributed by atoms with Crippen molar-refractivity contribution in [2.75, 3.05) is 0 Å². The van der Waals surface area contributed by atoms with Crippen molar-refractivity contribution < 1.29 is 0 Å². The van der Waals surface area contributed by atoms with E-state index in [9.17, 15) is 0 Å². The zero-order valence-electron chi connectivity index (χ0n) is 28.0. The van der Waals surface area contributed by atoms with Gasteiger partial charge >= 0.3 is 0 Å². The first-order chi connectivity index (χ1) is 22.2. The highest BCUT2D eigenvalue weighted by atomic mass is 14.4. The Kier molecular flexibility index (Phi) is 6.56. The monoisotopic (exact) mass is 582 g/mol. The zero-order valence-corrected chi connectivity index (χ0v) is 28.0. The quantitative estimate of drug-likeness (QED) is 0.222. The van der Waals surface area contributed by atoms with Crippen LogP contribution >= 0.6 is 0 Å². The third-order valence-corrected chi connectivity index (χ3v) is 11.2. The van der Waals surface area contributed by atoms with Gasteiger partial charge < -0.3 is 0 Å². The summed E-state index contributed by atoms with van der Waals surface area (Å²) in [5.41, 5.74) is 20.4. The molecule has 8 rings (SSSR count). The van der Waals surface area contributed by atoms with Crippen LogP contribution in [0.25, 0.3) is 66.1 Å². The van der Waals surface area contributed by atoms with Crippen molar-refractivity contribution in [1.82, 2.24) is 0 Å². The number of benzene rings is 7. The molecule has 0 saturated heterocycles. The van der Waals surface area contributed by atoms with Crippen molar-refractivity contribution in [2.24, 2.45) is 0 Å². The minimum atomic E-state index is -0.0492. The van der Waals surface area contributed by atoms with Gasteiger partial charge in [0.25, 0.3) is 0 Å². The van der Waals surface area contributed by atoms with Crippen LogP contribution in [0, 0.1) is 0 Å². The van der Waals surface area contributed by atoms with E-state index in [1.54, 1.807) is 0 Å². The summed E-state index contributed by atoms with van der Waals surface area (Å²) in [7, 11) is 11.4. The lowest BCUT2D eigenvalue weighted by Crippen LogP contribution is -2.55. The summed E-state index contributed by atoms with van der Waals surface area (Å²) >= 11 is 0. The summed E-state index contributed by atoms with van der Waals surface area (Å²) in [6.45, 7) is 4.74. The molecule has 46 heavy (non-hydrogen) atoms. The standard InChI is InChI=1S/C41H35B5/c1-41(2)31-17-8-7-10-25(31)30-16-9-15-24(35(30)41)22-18-20-23(21-19-22)32-26-11-3-5-13-28(26)33(29-14-6-4-12-27(29)32)34-36(42)38(44)40(46)39(45)37(34)43/h3-21H,42-46H2,1-2H3. The molecule has 1 aliphatic carbocycles. The Morgan fingerprint density at radius 2 is 0.804 bits per heavy atom. The predicted octanol–water partition coefficient (Wildman–Crippen LogP) is 2.59. The molecule has 0 radical (unpaired) electrons. The van der Waals surface area contributed by atoms with Crippen molar-refractivity contribution >= 4 is 88.1 Å². The summed E-state index contributed by atoms with van der Waals surface area (Å²) in [5, 5.41) is 5.23. The van der Waals surface area contributed by atoms with E-state index in [0.717, 1.165) is 0 Å². The Balaban J connectivity index is 1.35. The van der Waals surface area contributed by atoms with Crippen molar-refractivity contribution in [3.63, 3.8) is 0 Å². The third kappa shape index (κ3) is 4.00. The van der Waals surface area contributed by atoms with Gasteiger partial charge in [0.1, 0.15) is 39.2 Å². The van der Waals surface area contributed by atoms with Crippen molar-refractivity contribution in [3.05, 3.63) is 126 Å². The van der Waals surface area contributed by atoms with E-state index in [1.165, 1.54) is 104 Å². The molecule has 0 unspecified atom stereocenters. The molecule has 7 aromatic rings. The van der Waals surface area contributed by atoms with Gasteiger partial charge in [-0.3, -0.25) is 0 Å². The first-order valence-corrected chi connectivity index (χ1v) is 16.5. The van der Waals surface area contributed by atoms with Gasteiger partial charge in [0.15, 0.2) is 0 Å². The first kappa shape index (κ1) is 28.8. The Labute approximate surface area is 277 Å². The fourth-order valence-corrected chi connectivity index (χ4v) is 8.49. The molecule has 5 heteroatoms. The fraction of sp³-hybridized carbons (Fsp3) is 0.0732. The first-order valence-electron chi connectivity index (χ1n) is 16.5. The molecule has 0 bridgehead atoms. The van der Waals surface area contributed by atoms with Crippen molar-refractivity contribution in [3.8, 4) is 44.5 Å². The number of rotatable bonds is 3. The Morgan fingerprint density at radius 1 is 0.370 bits per heavy atom. The van der Waals surface area contributed by atoms with Crippen molar-refractivity contribution in [1.29, 1.82) is 0 Å². The molecule has 0 aliphatic heterocycles. The topological polar surface area (TPSA) is 0 Å². The minimum Gasteiger partial charge on any atom is -0.102 e. The summed E-state index contributed by atoms with van der Waals surface area (Å²) in [4.78, 5) is 0. The fourth-order valence-electron chi connectivity index (χ4n) is 8.49. The molecule has 0 heterocycles. The van der Waals surface area contributed by atoms with E-state index in [4.69, 9.17) is 0 Å². The Bertz CT molecular complexity index is 2300. The Hall–Kier alpha value is -4.62. The van der Waals surface area contributed by atoms with Gasteiger partial charge in [-0.05, 0) is 77.2 Å². The summed E-state index contributed by atoms with van der Waals surface area (Å²) in [6.07, 6.45) is 0. The van der Waals surface area contributed by atoms with Gasteiger partial charge in [-0.25, -0.2) is 0 Å². The van der Waals surface area contributed by atoms with Crippen LogP contribution in [-0.4, -0.2) is 39.2 Å². The van der Waals surface area contributed by atoms with Crippen LogP contribution in [0.2, 0.25) is 0 Å². The molecular weight excluding hydrogens is 547 g/mol. The molecule has 214 valence electrons. The molecule has 7 aromatic carbocycles. The van der Waals surface area contributed by atoms with Gasteiger partial charge in [-0.1, -0.05) is 140 Å². The molecular formula is C41H35B5. The third-order valence-electron chi connectivity index (χ3n) is 11.2. The second kappa shape index (κ2) is 10.5. The van der Waals surface area contributed by atoms with Gasteiger partial charge in [-0.2, -0.15) is 0 Å². The molecule has 0 aromatic heterocycles. The van der Waals surface area contributed by atoms with Crippen LogP contribution in [0.15, 0.2) is 115 Å². The number of hydrogen-bond donors (Lipinski definition) is 0. The minimum absolute atomic E-state index is 0.0492. The molecule has 0 amide bonds. The van der Waals surface area contributed by atoms with Gasteiger partial charge in [0.2, 0.25) is 0 Å². The molecule has 0 saturated carbocycles. The average molecular weight is 582 g/mol. The predicted molar refractivity (Wildman–Crippen MR) is 216 cm³/mol. The molecule has 0 nitrogen and oxygen atoms in total. The van der Waals surface area contributed by atoms with Crippen LogP contribution in [0.4, 0.5) is 0 Å². The van der Waals surface area contributed by atoms with Crippen LogP contribution in [0.1, 0.15) is 25.0 Å². The van der Waals surface area contributed by atoms with E-state index >= 15 is 0 Å². The highest BCUT2D eigenvalue weighted by molar-refractivity contribution is 6.69. The Morgan fingerprint density at radius 3 is 1.39 bits per heavy atom. The summed E-state index contributed by atoms with van der Waals surface area (Å²) in [5.74, 6) is 0. The van der Waals surface area contributed by atoms with Crippen molar-refractivity contribution in [2.45, 2.75) is 19.3 Å². The molecule has 0 fully saturated rings. The van der Waals surface area contributed by atoms with E-state index in [1.807, 2.05) is 0 Å². The number of hydrogen-bond acceptors (Lipinski definition) is 0.